The molecule has 3 fully saturated rings. The number of ether oxygens (including phenoxy) is 4. The van der Waals surface area contributed by atoms with Crippen molar-refractivity contribution >= 4 is 17.9 Å². The molecular weight excluding hydrogens is 424 g/mol. The van der Waals surface area contributed by atoms with Crippen molar-refractivity contribution in [2.45, 2.75) is 98.6 Å². The van der Waals surface area contributed by atoms with Crippen molar-refractivity contribution in [3.05, 3.63) is 11.1 Å². The number of fused-ring (bicyclic) bond motifs is 5. The van der Waals surface area contributed by atoms with E-state index in [9.17, 15) is 14.4 Å². The Kier molecular flexibility index (Phi) is 6.17. The first-order valence-electron chi connectivity index (χ1n) is 12.2. The molecule has 8 atom stereocenters. The van der Waals surface area contributed by atoms with Crippen LogP contribution in [0.2, 0.25) is 0 Å². The van der Waals surface area contributed by atoms with E-state index in [1.54, 1.807) is 0 Å². The lowest BCUT2D eigenvalue weighted by Crippen LogP contribution is -2.63. The fourth-order valence-electron chi connectivity index (χ4n) is 7.42. The SMILES string of the molecule is CC(=O)OC1CC2CC3C4COC4CC(OC(C)=O)C3(C)CC(OC(C)=O)C(=C1C)C2(C)C. The van der Waals surface area contributed by atoms with E-state index >= 15 is 0 Å². The van der Waals surface area contributed by atoms with Gasteiger partial charge in [0.1, 0.15) is 18.3 Å². The van der Waals surface area contributed by atoms with Gasteiger partial charge in [-0.3, -0.25) is 14.4 Å². The van der Waals surface area contributed by atoms with Crippen molar-refractivity contribution in [3.8, 4) is 0 Å². The van der Waals surface area contributed by atoms with Crippen LogP contribution < -0.4 is 0 Å². The second-order valence-electron chi connectivity index (χ2n) is 11.4. The summed E-state index contributed by atoms with van der Waals surface area (Å²) < 4.78 is 23.6. The van der Waals surface area contributed by atoms with E-state index < -0.39 is 6.10 Å². The number of rotatable bonds is 3. The van der Waals surface area contributed by atoms with E-state index in [4.69, 9.17) is 18.9 Å². The van der Waals surface area contributed by atoms with Crippen molar-refractivity contribution < 1.29 is 33.3 Å². The lowest BCUT2D eigenvalue weighted by molar-refractivity contribution is -0.244. The third-order valence-electron chi connectivity index (χ3n) is 9.06. The topological polar surface area (TPSA) is 88.1 Å². The van der Waals surface area contributed by atoms with Gasteiger partial charge in [-0.05, 0) is 54.6 Å². The molecule has 0 aromatic carbocycles. The molecule has 2 bridgehead atoms. The van der Waals surface area contributed by atoms with Gasteiger partial charge in [-0.15, -0.1) is 0 Å². The van der Waals surface area contributed by atoms with Crippen LogP contribution in [0, 0.1) is 28.6 Å². The van der Waals surface area contributed by atoms with E-state index in [1.807, 2.05) is 6.92 Å². The van der Waals surface area contributed by atoms with Gasteiger partial charge >= 0.3 is 17.9 Å². The molecule has 1 aliphatic heterocycles. The second kappa shape index (κ2) is 8.40. The molecule has 3 aliphatic carbocycles. The van der Waals surface area contributed by atoms with Gasteiger partial charge in [0.15, 0.2) is 0 Å². The van der Waals surface area contributed by atoms with Crippen molar-refractivity contribution in [2.24, 2.45) is 28.6 Å². The second-order valence-corrected chi connectivity index (χ2v) is 11.4. The predicted molar refractivity (Wildman–Crippen MR) is 120 cm³/mol. The van der Waals surface area contributed by atoms with Crippen LogP contribution in [-0.4, -0.2) is 48.9 Å². The molecule has 0 aromatic rings. The summed E-state index contributed by atoms with van der Waals surface area (Å²) in [7, 11) is 0. The third-order valence-corrected chi connectivity index (χ3v) is 9.06. The zero-order valence-electron chi connectivity index (χ0n) is 20.9. The monoisotopic (exact) mass is 462 g/mol. The maximum Gasteiger partial charge on any atom is 0.303 e. The molecule has 4 rings (SSSR count). The lowest BCUT2D eigenvalue weighted by atomic mass is 9.48. The minimum atomic E-state index is -0.471. The molecule has 7 nitrogen and oxygen atoms in total. The molecule has 33 heavy (non-hydrogen) atoms. The molecule has 0 amide bonds. The van der Waals surface area contributed by atoms with Crippen LogP contribution in [0.15, 0.2) is 11.1 Å². The molecule has 1 saturated heterocycles. The van der Waals surface area contributed by atoms with E-state index in [1.165, 1.54) is 20.8 Å². The normalized spacial score (nSPS) is 41.4. The molecule has 7 heteroatoms. The van der Waals surface area contributed by atoms with Crippen LogP contribution in [0.25, 0.3) is 0 Å². The number of carbonyl (C=O) groups is 3. The minimum Gasteiger partial charge on any atom is -0.462 e. The number of hydrogen-bond acceptors (Lipinski definition) is 7. The molecule has 1 heterocycles. The molecule has 184 valence electrons. The summed E-state index contributed by atoms with van der Waals surface area (Å²) in [6, 6.07) is 0. The molecule has 4 aliphatic rings. The van der Waals surface area contributed by atoms with E-state index in [-0.39, 0.29) is 58.9 Å². The standard InChI is InChI=1S/C26H38O7/c1-13-20(31-14(2)27)9-17-8-19-18-12-30-21(18)10-23(33-16(4)29)26(19,7)11-22(32-15(3)28)24(13)25(17,5)6/h17-23H,8-12H2,1-7H3. The summed E-state index contributed by atoms with van der Waals surface area (Å²) in [4.78, 5) is 36.2. The van der Waals surface area contributed by atoms with Crippen molar-refractivity contribution in [1.82, 2.24) is 0 Å². The van der Waals surface area contributed by atoms with Gasteiger partial charge in [0.25, 0.3) is 0 Å². The maximum atomic E-state index is 12.3. The Morgan fingerprint density at radius 3 is 2.03 bits per heavy atom. The Balaban J connectivity index is 1.84. The predicted octanol–water partition coefficient (Wildman–Crippen LogP) is 3.98. The Morgan fingerprint density at radius 1 is 0.879 bits per heavy atom. The zero-order valence-corrected chi connectivity index (χ0v) is 20.9. The highest BCUT2D eigenvalue weighted by Crippen LogP contribution is 2.61. The molecule has 0 radical (unpaired) electrons. The molecular formula is C26H38O7. The highest BCUT2D eigenvalue weighted by atomic mass is 16.6. The van der Waals surface area contributed by atoms with Gasteiger partial charge in [-0.25, -0.2) is 0 Å². The van der Waals surface area contributed by atoms with Crippen LogP contribution in [0.1, 0.15) is 74.1 Å². The Bertz CT molecular complexity index is 874. The zero-order chi connectivity index (χ0) is 24.3. The summed E-state index contributed by atoms with van der Waals surface area (Å²) in [6.45, 7) is 13.7. The van der Waals surface area contributed by atoms with Crippen LogP contribution >= 0.6 is 0 Å². The van der Waals surface area contributed by atoms with Gasteiger partial charge in [-0.2, -0.15) is 0 Å². The quantitative estimate of drug-likeness (QED) is 0.356. The van der Waals surface area contributed by atoms with Gasteiger partial charge < -0.3 is 18.9 Å². The maximum absolute atomic E-state index is 12.3. The Morgan fingerprint density at radius 2 is 1.48 bits per heavy atom. The highest BCUT2D eigenvalue weighted by molar-refractivity contribution is 5.68. The fraction of sp³-hybridized carbons (Fsp3) is 0.808. The summed E-state index contributed by atoms with van der Waals surface area (Å²) in [5, 5.41) is 0. The number of carbonyl (C=O) groups excluding carboxylic acids is 3. The summed E-state index contributed by atoms with van der Waals surface area (Å²) >= 11 is 0. The molecule has 2 saturated carbocycles. The average Bonchev–Trinajstić information content (AvgIpc) is 2.64. The van der Waals surface area contributed by atoms with Crippen LogP contribution in [0.5, 0.6) is 0 Å². The molecule has 0 aromatic heterocycles. The number of esters is 3. The van der Waals surface area contributed by atoms with Crippen molar-refractivity contribution in [2.75, 3.05) is 6.61 Å². The first-order valence-corrected chi connectivity index (χ1v) is 12.2. The summed E-state index contributed by atoms with van der Waals surface area (Å²) in [5.41, 5.74) is 1.44. The van der Waals surface area contributed by atoms with E-state index in [0.717, 1.165) is 24.0 Å². The smallest absolute Gasteiger partial charge is 0.303 e. The summed E-state index contributed by atoms with van der Waals surface area (Å²) in [6.07, 6.45) is 1.89. The van der Waals surface area contributed by atoms with Crippen molar-refractivity contribution in [1.29, 1.82) is 0 Å². The van der Waals surface area contributed by atoms with Gasteiger partial charge in [-0.1, -0.05) is 20.8 Å². The van der Waals surface area contributed by atoms with E-state index in [2.05, 4.69) is 20.8 Å². The Labute approximate surface area is 196 Å². The average molecular weight is 463 g/mol. The van der Waals surface area contributed by atoms with Crippen molar-refractivity contribution in [3.63, 3.8) is 0 Å². The molecule has 8 unspecified atom stereocenters. The van der Waals surface area contributed by atoms with Crippen LogP contribution in [0.3, 0.4) is 0 Å². The lowest BCUT2D eigenvalue weighted by Gasteiger charge is -2.61. The van der Waals surface area contributed by atoms with Crippen LogP contribution in [0.4, 0.5) is 0 Å². The molecule has 0 N–H and O–H groups in total. The largest absolute Gasteiger partial charge is 0.462 e. The Hall–Kier alpha value is -1.89. The fourth-order valence-corrected chi connectivity index (χ4v) is 7.42. The number of hydrogen-bond donors (Lipinski definition) is 0. The van der Waals surface area contributed by atoms with Gasteiger partial charge in [0.05, 0.1) is 12.7 Å². The van der Waals surface area contributed by atoms with Crippen LogP contribution in [-0.2, 0) is 33.3 Å². The third kappa shape index (κ3) is 4.11. The van der Waals surface area contributed by atoms with Gasteiger partial charge in [0, 0.05) is 38.5 Å². The van der Waals surface area contributed by atoms with Gasteiger partial charge in [0.2, 0.25) is 0 Å². The first kappa shape index (κ1) is 24.2. The minimum absolute atomic E-state index is 0.0896. The molecule has 0 spiro atoms. The first-order chi connectivity index (χ1) is 15.3. The van der Waals surface area contributed by atoms with E-state index in [0.29, 0.717) is 25.4 Å². The summed E-state index contributed by atoms with van der Waals surface area (Å²) in [5.74, 6) is -0.0861. The highest BCUT2D eigenvalue weighted by Gasteiger charge is 2.61.